The summed E-state index contributed by atoms with van der Waals surface area (Å²) in [4.78, 5) is 19.8. The van der Waals surface area contributed by atoms with Crippen LogP contribution in [-0.2, 0) is 4.74 Å². The number of esters is 1. The Labute approximate surface area is 93.1 Å². The first-order chi connectivity index (χ1) is 7.47. The lowest BCUT2D eigenvalue weighted by Crippen LogP contribution is -2.24. The van der Waals surface area contributed by atoms with Crippen molar-refractivity contribution in [3.05, 3.63) is 30.6 Å². The second kappa shape index (κ2) is 3.59. The van der Waals surface area contributed by atoms with Crippen LogP contribution < -0.4 is 0 Å². The number of aromatic nitrogens is 3. The van der Waals surface area contributed by atoms with E-state index < -0.39 is 11.6 Å². The second-order valence-electron chi connectivity index (χ2n) is 4.46. The predicted molar refractivity (Wildman–Crippen MR) is 58.2 cm³/mol. The van der Waals surface area contributed by atoms with Crippen LogP contribution in [0, 0.1) is 0 Å². The average Bonchev–Trinajstić information content (AvgIpc) is 2.61. The maximum Gasteiger partial charge on any atom is 0.359 e. The first kappa shape index (κ1) is 10.6. The Morgan fingerprint density at radius 1 is 1.44 bits per heavy atom. The van der Waals surface area contributed by atoms with Crippen LogP contribution in [0.3, 0.4) is 0 Å². The van der Waals surface area contributed by atoms with Crippen LogP contribution >= 0.6 is 0 Å². The van der Waals surface area contributed by atoms with E-state index in [1.165, 1.54) is 0 Å². The summed E-state index contributed by atoms with van der Waals surface area (Å²) in [6.07, 6.45) is 6.49. The van der Waals surface area contributed by atoms with Crippen LogP contribution in [0.5, 0.6) is 0 Å². The van der Waals surface area contributed by atoms with Gasteiger partial charge in [0.05, 0.1) is 18.0 Å². The van der Waals surface area contributed by atoms with E-state index in [9.17, 15) is 4.79 Å². The molecular formula is C11H13N3O2. The fourth-order valence-electron chi connectivity index (χ4n) is 1.34. The van der Waals surface area contributed by atoms with Gasteiger partial charge in [-0.3, -0.25) is 0 Å². The number of nitrogens with zero attached hydrogens (tertiary/aromatic N) is 3. The molecule has 5 nitrogen and oxygen atoms in total. The van der Waals surface area contributed by atoms with Crippen LogP contribution in [0.4, 0.5) is 0 Å². The highest BCUT2D eigenvalue weighted by Gasteiger charge is 2.21. The van der Waals surface area contributed by atoms with E-state index in [1.807, 2.05) is 20.8 Å². The molecule has 84 valence electrons. The van der Waals surface area contributed by atoms with Crippen molar-refractivity contribution in [2.75, 3.05) is 0 Å². The molecule has 2 heterocycles. The molecule has 0 unspecified atom stereocenters. The molecule has 16 heavy (non-hydrogen) atoms. The lowest BCUT2D eigenvalue weighted by molar-refractivity contribution is 0.00649. The van der Waals surface area contributed by atoms with Crippen molar-refractivity contribution >= 4 is 11.5 Å². The summed E-state index contributed by atoms with van der Waals surface area (Å²) in [6.45, 7) is 5.46. The van der Waals surface area contributed by atoms with Gasteiger partial charge in [0.2, 0.25) is 0 Å². The lowest BCUT2D eigenvalue weighted by atomic mass is 10.2. The molecule has 0 fully saturated rings. The standard InChI is InChI=1S/C11H13N3O2/c1-11(2,3)16-10(15)9-8-6-12-7-14(8)5-4-13-9/h4-7H,1-3H3. The van der Waals surface area contributed by atoms with E-state index in [0.717, 1.165) is 0 Å². The molecule has 2 aromatic rings. The van der Waals surface area contributed by atoms with Crippen LogP contribution in [0.1, 0.15) is 31.3 Å². The Morgan fingerprint density at radius 2 is 2.19 bits per heavy atom. The number of hydrogen-bond donors (Lipinski definition) is 0. The molecule has 0 N–H and O–H groups in total. The van der Waals surface area contributed by atoms with Crippen LogP contribution in [0.25, 0.3) is 5.52 Å². The molecule has 0 spiro atoms. The highest BCUT2D eigenvalue weighted by Crippen LogP contribution is 2.14. The van der Waals surface area contributed by atoms with Gasteiger partial charge >= 0.3 is 5.97 Å². The summed E-state index contributed by atoms with van der Waals surface area (Å²) in [6, 6.07) is 0. The molecule has 0 aliphatic carbocycles. The highest BCUT2D eigenvalue weighted by molar-refractivity contribution is 5.94. The Hall–Kier alpha value is -1.91. The molecule has 0 aliphatic heterocycles. The average molecular weight is 219 g/mol. The van der Waals surface area contributed by atoms with E-state index in [1.54, 1.807) is 29.3 Å². The van der Waals surface area contributed by atoms with Gasteiger partial charge in [-0.15, -0.1) is 0 Å². The zero-order valence-electron chi connectivity index (χ0n) is 9.47. The molecule has 0 amide bonds. The maximum atomic E-state index is 11.8. The normalized spacial score (nSPS) is 11.7. The minimum Gasteiger partial charge on any atom is -0.455 e. The van der Waals surface area contributed by atoms with Crippen molar-refractivity contribution in [1.29, 1.82) is 0 Å². The van der Waals surface area contributed by atoms with Gasteiger partial charge in [-0.25, -0.2) is 14.8 Å². The van der Waals surface area contributed by atoms with Gasteiger partial charge < -0.3 is 9.14 Å². The van der Waals surface area contributed by atoms with Crippen molar-refractivity contribution in [1.82, 2.24) is 14.4 Å². The number of fused-ring (bicyclic) bond motifs is 1. The van der Waals surface area contributed by atoms with E-state index in [0.29, 0.717) is 5.52 Å². The Kier molecular flexibility index (Phi) is 2.38. The fraction of sp³-hybridized carbons (Fsp3) is 0.364. The summed E-state index contributed by atoms with van der Waals surface area (Å²) < 4.78 is 6.99. The summed E-state index contributed by atoms with van der Waals surface area (Å²) >= 11 is 0. The molecule has 5 heteroatoms. The van der Waals surface area contributed by atoms with Crippen molar-refractivity contribution < 1.29 is 9.53 Å². The Bertz CT molecular complexity index is 525. The van der Waals surface area contributed by atoms with Crippen molar-refractivity contribution in [3.8, 4) is 0 Å². The Balaban J connectivity index is 2.40. The van der Waals surface area contributed by atoms with Gasteiger partial charge in [0, 0.05) is 12.4 Å². The van der Waals surface area contributed by atoms with Crippen LogP contribution in [0.15, 0.2) is 24.9 Å². The van der Waals surface area contributed by atoms with Crippen LogP contribution in [0.2, 0.25) is 0 Å². The number of carbonyl (C=O) groups excluding carboxylic acids is 1. The van der Waals surface area contributed by atoms with Gasteiger partial charge in [-0.2, -0.15) is 0 Å². The second-order valence-corrected chi connectivity index (χ2v) is 4.46. The summed E-state index contributed by atoms with van der Waals surface area (Å²) in [5.41, 5.74) is 0.415. The topological polar surface area (TPSA) is 56.5 Å². The Morgan fingerprint density at radius 3 is 2.88 bits per heavy atom. The van der Waals surface area contributed by atoms with Crippen molar-refractivity contribution in [2.45, 2.75) is 26.4 Å². The third-order valence-corrected chi connectivity index (χ3v) is 1.93. The molecule has 0 radical (unpaired) electrons. The zero-order valence-corrected chi connectivity index (χ0v) is 9.47. The quantitative estimate of drug-likeness (QED) is 0.685. The lowest BCUT2D eigenvalue weighted by Gasteiger charge is -2.19. The fourth-order valence-corrected chi connectivity index (χ4v) is 1.34. The molecule has 0 saturated carbocycles. The molecule has 2 aromatic heterocycles. The third-order valence-electron chi connectivity index (χ3n) is 1.93. The summed E-state index contributed by atoms with van der Waals surface area (Å²) in [7, 11) is 0. The van der Waals surface area contributed by atoms with E-state index in [4.69, 9.17) is 4.74 Å². The monoisotopic (exact) mass is 219 g/mol. The van der Waals surface area contributed by atoms with Crippen molar-refractivity contribution in [2.24, 2.45) is 0 Å². The molecule has 0 atom stereocenters. The van der Waals surface area contributed by atoms with E-state index >= 15 is 0 Å². The summed E-state index contributed by atoms with van der Waals surface area (Å²) in [5, 5.41) is 0. The van der Waals surface area contributed by atoms with Crippen LogP contribution in [-0.4, -0.2) is 25.9 Å². The molecule has 0 aromatic carbocycles. The highest BCUT2D eigenvalue weighted by atomic mass is 16.6. The predicted octanol–water partition coefficient (Wildman–Crippen LogP) is 1.68. The minimum atomic E-state index is -0.522. The smallest absolute Gasteiger partial charge is 0.359 e. The van der Waals surface area contributed by atoms with E-state index in [2.05, 4.69) is 9.97 Å². The molecule has 2 rings (SSSR count). The van der Waals surface area contributed by atoms with Gasteiger partial charge in [0.15, 0.2) is 5.69 Å². The van der Waals surface area contributed by atoms with Gasteiger partial charge in [-0.05, 0) is 20.8 Å². The third kappa shape index (κ3) is 2.03. The van der Waals surface area contributed by atoms with Crippen molar-refractivity contribution in [3.63, 3.8) is 0 Å². The van der Waals surface area contributed by atoms with E-state index in [-0.39, 0.29) is 5.69 Å². The molecule has 0 bridgehead atoms. The largest absolute Gasteiger partial charge is 0.455 e. The molecular weight excluding hydrogens is 206 g/mol. The number of rotatable bonds is 1. The molecule has 0 aliphatic rings. The zero-order chi connectivity index (χ0) is 11.8. The van der Waals surface area contributed by atoms with Gasteiger partial charge in [-0.1, -0.05) is 0 Å². The first-order valence-corrected chi connectivity index (χ1v) is 4.97. The van der Waals surface area contributed by atoms with Gasteiger partial charge in [0.1, 0.15) is 5.60 Å². The SMILES string of the molecule is CC(C)(C)OC(=O)c1nccn2cncc12. The minimum absolute atomic E-state index is 0.287. The number of ether oxygens (including phenoxy) is 1. The number of imidazole rings is 1. The number of carbonyl (C=O) groups is 1. The van der Waals surface area contributed by atoms with Gasteiger partial charge in [0.25, 0.3) is 0 Å². The maximum absolute atomic E-state index is 11.8. The summed E-state index contributed by atoms with van der Waals surface area (Å²) in [5.74, 6) is -0.432. The first-order valence-electron chi connectivity index (χ1n) is 4.97. The number of hydrogen-bond acceptors (Lipinski definition) is 4. The molecule has 0 saturated heterocycles.